The van der Waals surface area contributed by atoms with E-state index < -0.39 is 0 Å². The molecule has 1 aromatic heterocycles. The van der Waals surface area contributed by atoms with Crippen LogP contribution in [0.15, 0.2) is 85.1 Å². The number of amides is 1. The second kappa shape index (κ2) is 9.70. The van der Waals surface area contributed by atoms with E-state index in [4.69, 9.17) is 9.47 Å². The summed E-state index contributed by atoms with van der Waals surface area (Å²) in [6.45, 7) is 2.39. The van der Waals surface area contributed by atoms with Crippen molar-refractivity contribution in [1.29, 1.82) is 0 Å². The molecule has 32 heavy (non-hydrogen) atoms. The number of hydrogen-bond acceptors (Lipinski definition) is 5. The second-order valence-corrected chi connectivity index (χ2v) is 6.74. The van der Waals surface area contributed by atoms with Crippen LogP contribution in [0.25, 0.3) is 11.4 Å². The Balaban J connectivity index is 1.45. The highest BCUT2D eigenvalue weighted by atomic mass is 19.1. The van der Waals surface area contributed by atoms with Gasteiger partial charge in [-0.3, -0.25) is 4.79 Å². The molecule has 4 rings (SSSR count). The molecule has 0 saturated carbocycles. The van der Waals surface area contributed by atoms with Gasteiger partial charge in [-0.25, -0.2) is 9.37 Å². The van der Waals surface area contributed by atoms with Crippen molar-refractivity contribution in [1.82, 2.24) is 9.97 Å². The molecule has 0 aliphatic heterocycles. The molecule has 0 radical (unpaired) electrons. The molecule has 0 saturated heterocycles. The summed E-state index contributed by atoms with van der Waals surface area (Å²) in [6, 6.07) is 21.5. The summed E-state index contributed by atoms with van der Waals surface area (Å²) < 4.78 is 24.5. The molecule has 7 heteroatoms. The van der Waals surface area contributed by atoms with Crippen LogP contribution in [0.3, 0.4) is 0 Å². The van der Waals surface area contributed by atoms with E-state index in [1.165, 1.54) is 12.1 Å². The van der Waals surface area contributed by atoms with Crippen LogP contribution in [0.4, 0.5) is 10.1 Å². The molecule has 6 nitrogen and oxygen atoms in total. The number of nitrogens with zero attached hydrogens (tertiary/aromatic N) is 2. The number of aromatic nitrogens is 2. The Bertz CT molecular complexity index is 1210. The summed E-state index contributed by atoms with van der Waals surface area (Å²) in [4.78, 5) is 21.2. The maximum absolute atomic E-state index is 13.1. The minimum atomic E-state index is -0.327. The summed E-state index contributed by atoms with van der Waals surface area (Å²) in [5.41, 5.74) is 1.75. The Kier molecular flexibility index (Phi) is 6.36. The van der Waals surface area contributed by atoms with Crippen LogP contribution in [-0.4, -0.2) is 22.5 Å². The topological polar surface area (TPSA) is 73.3 Å². The van der Waals surface area contributed by atoms with Crippen LogP contribution < -0.4 is 14.8 Å². The van der Waals surface area contributed by atoms with Gasteiger partial charge < -0.3 is 14.8 Å². The summed E-state index contributed by atoms with van der Waals surface area (Å²) in [5, 5.41) is 2.86. The zero-order chi connectivity index (χ0) is 22.3. The molecule has 0 aliphatic rings. The number of hydrogen-bond donors (Lipinski definition) is 1. The number of rotatable bonds is 7. The van der Waals surface area contributed by atoms with Crippen molar-refractivity contribution in [2.75, 3.05) is 11.9 Å². The third-order valence-corrected chi connectivity index (χ3v) is 4.51. The van der Waals surface area contributed by atoms with Crippen LogP contribution in [0.2, 0.25) is 0 Å². The Morgan fingerprint density at radius 3 is 2.47 bits per heavy atom. The lowest BCUT2D eigenvalue weighted by Crippen LogP contribution is -2.12. The minimum absolute atomic E-state index is 0.260. The van der Waals surface area contributed by atoms with Gasteiger partial charge in [0.05, 0.1) is 12.3 Å². The van der Waals surface area contributed by atoms with Crippen molar-refractivity contribution in [3.05, 3.63) is 96.4 Å². The predicted octanol–water partition coefficient (Wildman–Crippen LogP) is 5.73. The smallest absolute Gasteiger partial charge is 0.255 e. The first-order chi connectivity index (χ1) is 15.6. The molecule has 1 N–H and O–H groups in total. The first-order valence-electron chi connectivity index (χ1n) is 10.0. The molecule has 0 fully saturated rings. The number of para-hydroxylation sites is 2. The third-order valence-electron chi connectivity index (χ3n) is 4.51. The number of nitrogens with one attached hydrogen (secondary N) is 1. The molecule has 0 bridgehead atoms. The van der Waals surface area contributed by atoms with Gasteiger partial charge in [-0.05, 0) is 67.6 Å². The second-order valence-electron chi connectivity index (χ2n) is 6.74. The van der Waals surface area contributed by atoms with Crippen LogP contribution in [0.5, 0.6) is 17.4 Å². The zero-order valence-electron chi connectivity index (χ0n) is 17.3. The van der Waals surface area contributed by atoms with Gasteiger partial charge in [0.25, 0.3) is 5.91 Å². The fourth-order valence-corrected chi connectivity index (χ4v) is 2.98. The quantitative estimate of drug-likeness (QED) is 0.406. The van der Waals surface area contributed by atoms with E-state index in [9.17, 15) is 9.18 Å². The number of carbonyl (C=O) groups is 1. The molecule has 1 heterocycles. The number of benzene rings is 3. The average Bonchev–Trinajstić information content (AvgIpc) is 2.82. The number of halogens is 1. The number of carbonyl (C=O) groups excluding carboxylic acids is 1. The normalized spacial score (nSPS) is 10.4. The largest absolute Gasteiger partial charge is 0.492 e. The molecule has 4 aromatic rings. The lowest BCUT2D eigenvalue weighted by atomic mass is 10.2. The van der Waals surface area contributed by atoms with Crippen LogP contribution in [0.1, 0.15) is 17.3 Å². The zero-order valence-corrected chi connectivity index (χ0v) is 17.3. The van der Waals surface area contributed by atoms with Crippen molar-refractivity contribution >= 4 is 11.6 Å². The molecular formula is C25H20FN3O3. The average molecular weight is 429 g/mol. The highest BCUT2D eigenvalue weighted by Gasteiger charge is 2.11. The van der Waals surface area contributed by atoms with Crippen molar-refractivity contribution < 1.29 is 18.7 Å². The van der Waals surface area contributed by atoms with Crippen molar-refractivity contribution in [3.63, 3.8) is 0 Å². The maximum Gasteiger partial charge on any atom is 0.255 e. The molecule has 0 spiro atoms. The van der Waals surface area contributed by atoms with E-state index in [0.29, 0.717) is 46.6 Å². The Hall–Kier alpha value is -4.26. The van der Waals surface area contributed by atoms with Gasteiger partial charge in [0.1, 0.15) is 17.3 Å². The summed E-state index contributed by atoms with van der Waals surface area (Å²) in [5.74, 6) is 1.30. The predicted molar refractivity (Wildman–Crippen MR) is 120 cm³/mol. The molecule has 1 amide bonds. The van der Waals surface area contributed by atoms with E-state index in [2.05, 4.69) is 15.3 Å². The Morgan fingerprint density at radius 1 is 0.969 bits per heavy atom. The van der Waals surface area contributed by atoms with Crippen LogP contribution in [0, 0.1) is 5.82 Å². The van der Waals surface area contributed by atoms with Gasteiger partial charge in [0.15, 0.2) is 5.82 Å². The Morgan fingerprint density at radius 2 is 1.72 bits per heavy atom. The van der Waals surface area contributed by atoms with Crippen molar-refractivity contribution in [2.24, 2.45) is 0 Å². The van der Waals surface area contributed by atoms with Gasteiger partial charge in [-0.15, -0.1) is 0 Å². The van der Waals surface area contributed by atoms with Crippen molar-refractivity contribution in [2.45, 2.75) is 6.92 Å². The monoisotopic (exact) mass is 429 g/mol. The van der Waals surface area contributed by atoms with E-state index in [0.717, 1.165) is 0 Å². The first kappa shape index (κ1) is 21.0. The van der Waals surface area contributed by atoms with E-state index in [1.807, 2.05) is 19.1 Å². The maximum atomic E-state index is 13.1. The standard InChI is InChI=1S/C25H20FN3O3/c1-2-31-22-6-4-3-5-21(22)28-25(30)18-9-13-20(14-10-18)32-23-15-16-27-24(29-23)17-7-11-19(26)12-8-17/h3-16H,2H2,1H3,(H,28,30). The SMILES string of the molecule is CCOc1ccccc1NC(=O)c1ccc(Oc2ccnc(-c3ccc(F)cc3)n2)cc1. The molecule has 0 atom stereocenters. The van der Waals surface area contributed by atoms with Crippen LogP contribution in [-0.2, 0) is 0 Å². The van der Waals surface area contributed by atoms with Crippen molar-refractivity contribution in [3.8, 4) is 28.8 Å². The molecule has 3 aromatic carbocycles. The fraction of sp³-hybridized carbons (Fsp3) is 0.0800. The fourth-order valence-electron chi connectivity index (χ4n) is 2.98. The van der Waals surface area contributed by atoms with Gasteiger partial charge in [0.2, 0.25) is 5.88 Å². The third kappa shape index (κ3) is 5.07. The summed E-state index contributed by atoms with van der Waals surface area (Å²) >= 11 is 0. The molecule has 0 aliphatic carbocycles. The molecular weight excluding hydrogens is 409 g/mol. The van der Waals surface area contributed by atoms with E-state index >= 15 is 0 Å². The summed E-state index contributed by atoms with van der Waals surface area (Å²) in [6.07, 6.45) is 1.57. The highest BCUT2D eigenvalue weighted by molar-refractivity contribution is 6.05. The van der Waals surface area contributed by atoms with E-state index in [1.54, 1.807) is 60.8 Å². The Labute approximate surface area is 184 Å². The first-order valence-corrected chi connectivity index (χ1v) is 10.0. The van der Waals surface area contributed by atoms with Crippen LogP contribution >= 0.6 is 0 Å². The lowest BCUT2D eigenvalue weighted by Gasteiger charge is -2.11. The lowest BCUT2D eigenvalue weighted by molar-refractivity contribution is 0.102. The van der Waals surface area contributed by atoms with Gasteiger partial charge >= 0.3 is 0 Å². The van der Waals surface area contributed by atoms with E-state index in [-0.39, 0.29) is 11.7 Å². The van der Waals surface area contributed by atoms with Gasteiger partial charge in [0, 0.05) is 23.4 Å². The van der Waals surface area contributed by atoms with Gasteiger partial charge in [-0.2, -0.15) is 4.98 Å². The number of anilines is 1. The number of ether oxygens (including phenoxy) is 2. The minimum Gasteiger partial charge on any atom is -0.492 e. The molecule has 0 unspecified atom stereocenters. The molecule has 160 valence electrons. The van der Waals surface area contributed by atoms with Gasteiger partial charge in [-0.1, -0.05) is 12.1 Å². The highest BCUT2D eigenvalue weighted by Crippen LogP contribution is 2.26. The summed E-state index contributed by atoms with van der Waals surface area (Å²) in [7, 11) is 0.